The van der Waals surface area contributed by atoms with Crippen molar-refractivity contribution in [2.24, 2.45) is 0 Å². The number of aromatic hydroxyl groups is 1. The van der Waals surface area contributed by atoms with Crippen molar-refractivity contribution in [1.82, 2.24) is 20.3 Å². The van der Waals surface area contributed by atoms with Gasteiger partial charge in [-0.3, -0.25) is 9.78 Å². The Kier molecular flexibility index (Phi) is 6.08. The van der Waals surface area contributed by atoms with Crippen LogP contribution in [0.4, 0.5) is 5.95 Å². The summed E-state index contributed by atoms with van der Waals surface area (Å²) in [6.45, 7) is 4.39. The number of nitrogens with zero attached hydrogens (tertiary/aromatic N) is 3. The van der Waals surface area contributed by atoms with Crippen molar-refractivity contribution in [1.29, 1.82) is 0 Å². The highest BCUT2D eigenvalue weighted by molar-refractivity contribution is 7.17. The lowest BCUT2D eigenvalue weighted by Crippen LogP contribution is -2.27. The van der Waals surface area contributed by atoms with Crippen LogP contribution in [0.2, 0.25) is 0 Å². The largest absolute Gasteiger partial charge is 0.508 e. The summed E-state index contributed by atoms with van der Waals surface area (Å²) in [5, 5.41) is 17.8. The molecule has 0 spiro atoms. The van der Waals surface area contributed by atoms with E-state index in [0.29, 0.717) is 24.6 Å². The fourth-order valence-electron chi connectivity index (χ4n) is 3.27. The van der Waals surface area contributed by atoms with E-state index < -0.39 is 0 Å². The molecular formula is C23H23N5O2S. The fourth-order valence-corrected chi connectivity index (χ4v) is 4.24. The number of amides is 1. The number of hydrogen-bond acceptors (Lipinski definition) is 7. The lowest BCUT2D eigenvalue weighted by molar-refractivity contribution is 0.0951. The number of fused-ring (bicyclic) bond motifs is 1. The Morgan fingerprint density at radius 1 is 1.19 bits per heavy atom. The summed E-state index contributed by atoms with van der Waals surface area (Å²) in [6.07, 6.45) is 2.35. The normalized spacial score (nSPS) is 11.9. The molecule has 8 heteroatoms. The van der Waals surface area contributed by atoms with Gasteiger partial charge in [0.1, 0.15) is 5.75 Å². The Bertz CT molecular complexity index is 1210. The highest BCUT2D eigenvalue weighted by Crippen LogP contribution is 2.28. The van der Waals surface area contributed by atoms with E-state index in [1.54, 1.807) is 24.4 Å². The summed E-state index contributed by atoms with van der Waals surface area (Å²) >= 11 is 1.47. The van der Waals surface area contributed by atoms with Gasteiger partial charge in [-0.1, -0.05) is 18.2 Å². The summed E-state index contributed by atoms with van der Waals surface area (Å²) in [4.78, 5) is 26.5. The van der Waals surface area contributed by atoms with Gasteiger partial charge in [0.2, 0.25) is 5.95 Å². The molecule has 3 heterocycles. The molecule has 0 bridgehead atoms. The highest BCUT2D eigenvalue weighted by atomic mass is 32.1. The van der Waals surface area contributed by atoms with Gasteiger partial charge < -0.3 is 15.7 Å². The monoisotopic (exact) mass is 433 g/mol. The third-order valence-electron chi connectivity index (χ3n) is 4.89. The van der Waals surface area contributed by atoms with Crippen LogP contribution in [0.1, 0.15) is 40.3 Å². The van der Waals surface area contributed by atoms with E-state index in [9.17, 15) is 9.90 Å². The van der Waals surface area contributed by atoms with Crippen molar-refractivity contribution in [2.75, 3.05) is 11.9 Å². The number of benzene rings is 1. The maximum atomic E-state index is 12.9. The van der Waals surface area contributed by atoms with E-state index in [0.717, 1.165) is 27.0 Å². The standard InChI is InChI=1S/C23H23N5O2S/c1-14-13-31-21-19(14)27-23(26-15(2)18-8-3-4-10-24-18)28-20(21)22(30)25-11-9-16-6-5-7-17(29)12-16/h3-8,10,12-13,15,29H,9,11H2,1-2H3,(H,25,30)(H,26,27,28). The Hall–Kier alpha value is -3.52. The van der Waals surface area contributed by atoms with Crippen LogP contribution < -0.4 is 10.6 Å². The number of nitrogens with one attached hydrogen (secondary N) is 2. The lowest BCUT2D eigenvalue weighted by Gasteiger charge is -2.14. The molecule has 0 saturated carbocycles. The summed E-state index contributed by atoms with van der Waals surface area (Å²) in [7, 11) is 0. The van der Waals surface area contributed by atoms with Crippen LogP contribution in [0.5, 0.6) is 5.75 Å². The first-order valence-electron chi connectivity index (χ1n) is 10.0. The molecule has 1 amide bonds. The van der Waals surface area contributed by atoms with Gasteiger partial charge in [0, 0.05) is 12.7 Å². The number of phenolic OH excluding ortho intramolecular Hbond substituents is 1. The van der Waals surface area contributed by atoms with Gasteiger partial charge in [0.05, 0.1) is 22.0 Å². The van der Waals surface area contributed by atoms with Crippen molar-refractivity contribution < 1.29 is 9.90 Å². The minimum absolute atomic E-state index is 0.112. The number of thiophene rings is 1. The second-order valence-electron chi connectivity index (χ2n) is 7.29. The zero-order valence-corrected chi connectivity index (χ0v) is 18.1. The molecule has 0 radical (unpaired) electrons. The number of carbonyl (C=O) groups excluding carboxylic acids is 1. The average molecular weight is 434 g/mol. The van der Waals surface area contributed by atoms with E-state index in [-0.39, 0.29) is 17.7 Å². The molecule has 0 aliphatic carbocycles. The van der Waals surface area contributed by atoms with Crippen molar-refractivity contribution >= 4 is 33.4 Å². The van der Waals surface area contributed by atoms with Gasteiger partial charge in [-0.25, -0.2) is 9.97 Å². The van der Waals surface area contributed by atoms with Gasteiger partial charge in [0.15, 0.2) is 5.69 Å². The van der Waals surface area contributed by atoms with Crippen LogP contribution in [0, 0.1) is 6.92 Å². The first-order valence-corrected chi connectivity index (χ1v) is 10.9. The molecule has 4 rings (SSSR count). The van der Waals surface area contributed by atoms with Crippen LogP contribution in [0.25, 0.3) is 10.2 Å². The topological polar surface area (TPSA) is 100 Å². The van der Waals surface area contributed by atoms with E-state index >= 15 is 0 Å². The van der Waals surface area contributed by atoms with E-state index in [1.165, 1.54) is 11.3 Å². The van der Waals surface area contributed by atoms with Crippen LogP contribution >= 0.6 is 11.3 Å². The molecule has 3 aromatic heterocycles. The van der Waals surface area contributed by atoms with E-state index in [1.807, 2.05) is 43.5 Å². The number of anilines is 1. The summed E-state index contributed by atoms with van der Waals surface area (Å²) in [5.74, 6) is 0.362. The molecule has 1 aromatic carbocycles. The second kappa shape index (κ2) is 9.09. The number of hydrogen-bond donors (Lipinski definition) is 3. The number of pyridine rings is 1. The highest BCUT2D eigenvalue weighted by Gasteiger charge is 2.19. The molecule has 4 aromatic rings. The molecule has 1 atom stereocenters. The molecule has 7 nitrogen and oxygen atoms in total. The number of aryl methyl sites for hydroxylation is 1. The SMILES string of the molecule is Cc1csc2c(C(=O)NCCc3cccc(O)c3)nc(NC(C)c3ccccn3)nc12. The Morgan fingerprint density at radius 3 is 2.84 bits per heavy atom. The van der Waals surface area contributed by atoms with Crippen LogP contribution in [0.3, 0.4) is 0 Å². The summed E-state index contributed by atoms with van der Waals surface area (Å²) < 4.78 is 0.767. The summed E-state index contributed by atoms with van der Waals surface area (Å²) in [6, 6.07) is 12.6. The second-order valence-corrected chi connectivity index (χ2v) is 8.17. The Morgan fingerprint density at radius 2 is 2.06 bits per heavy atom. The van der Waals surface area contributed by atoms with Crippen molar-refractivity contribution in [3.63, 3.8) is 0 Å². The van der Waals surface area contributed by atoms with Gasteiger partial charge in [-0.15, -0.1) is 11.3 Å². The van der Waals surface area contributed by atoms with E-state index in [2.05, 4.69) is 25.6 Å². The van der Waals surface area contributed by atoms with Crippen molar-refractivity contribution in [3.8, 4) is 5.75 Å². The molecular weight excluding hydrogens is 410 g/mol. The predicted octanol–water partition coefficient (Wildman–Crippen LogP) is 4.25. The van der Waals surface area contributed by atoms with Crippen molar-refractivity contribution in [2.45, 2.75) is 26.3 Å². The first-order chi connectivity index (χ1) is 15.0. The quantitative estimate of drug-likeness (QED) is 0.403. The molecule has 0 saturated heterocycles. The lowest BCUT2D eigenvalue weighted by atomic mass is 10.1. The zero-order valence-electron chi connectivity index (χ0n) is 17.3. The molecule has 31 heavy (non-hydrogen) atoms. The predicted molar refractivity (Wildman–Crippen MR) is 123 cm³/mol. The third kappa shape index (κ3) is 4.80. The molecule has 158 valence electrons. The summed E-state index contributed by atoms with van der Waals surface area (Å²) in [5.41, 5.74) is 3.95. The maximum absolute atomic E-state index is 12.9. The fraction of sp³-hybridized carbons (Fsp3) is 0.217. The van der Waals surface area contributed by atoms with Crippen molar-refractivity contribution in [3.05, 3.63) is 76.6 Å². The minimum atomic E-state index is -0.247. The molecule has 0 aliphatic heterocycles. The van der Waals surface area contributed by atoms with E-state index in [4.69, 9.17) is 0 Å². The zero-order chi connectivity index (χ0) is 21.8. The number of carbonyl (C=O) groups is 1. The number of aromatic nitrogens is 3. The molecule has 3 N–H and O–H groups in total. The Labute approximate surface area is 184 Å². The first kappa shape index (κ1) is 20.7. The van der Waals surface area contributed by atoms with Gasteiger partial charge in [0.25, 0.3) is 5.91 Å². The van der Waals surface area contributed by atoms with Gasteiger partial charge in [-0.2, -0.15) is 0 Å². The average Bonchev–Trinajstić information content (AvgIpc) is 3.14. The number of phenols is 1. The van der Waals surface area contributed by atoms with Crippen LogP contribution in [-0.2, 0) is 6.42 Å². The minimum Gasteiger partial charge on any atom is -0.508 e. The smallest absolute Gasteiger partial charge is 0.271 e. The van der Waals surface area contributed by atoms with Gasteiger partial charge in [-0.05, 0) is 61.0 Å². The molecule has 0 fully saturated rings. The van der Waals surface area contributed by atoms with Crippen LogP contribution in [0.15, 0.2) is 54.0 Å². The number of rotatable bonds is 7. The Balaban J connectivity index is 1.54. The third-order valence-corrected chi connectivity index (χ3v) is 5.99. The maximum Gasteiger partial charge on any atom is 0.271 e. The molecule has 0 aliphatic rings. The molecule has 1 unspecified atom stereocenters. The van der Waals surface area contributed by atoms with Gasteiger partial charge >= 0.3 is 0 Å². The van der Waals surface area contributed by atoms with Crippen LogP contribution in [-0.4, -0.2) is 32.5 Å².